The lowest BCUT2D eigenvalue weighted by Crippen LogP contribution is -2.24. The largest absolute Gasteiger partial charge is 0.411 e. The number of nitrogens with zero attached hydrogens (tertiary/aromatic N) is 2. The molecule has 0 amide bonds. The third kappa shape index (κ3) is 1.61. The number of rotatable bonds is 2. The lowest BCUT2D eigenvalue weighted by atomic mass is 9.98. The van der Waals surface area contributed by atoms with Crippen molar-refractivity contribution in [3.8, 4) is 0 Å². The molecule has 2 fully saturated rings. The predicted molar refractivity (Wildman–Crippen MR) is 63.9 cm³/mol. The highest BCUT2D eigenvalue weighted by molar-refractivity contribution is 8.00. The summed E-state index contributed by atoms with van der Waals surface area (Å²) in [6.45, 7) is 0. The van der Waals surface area contributed by atoms with Crippen molar-refractivity contribution in [2.24, 2.45) is 17.0 Å². The van der Waals surface area contributed by atoms with Crippen LogP contribution >= 0.6 is 11.8 Å². The quantitative estimate of drug-likeness (QED) is 0.632. The van der Waals surface area contributed by atoms with Gasteiger partial charge in [0.05, 0.1) is 16.0 Å². The first-order valence-corrected chi connectivity index (χ1v) is 6.56. The van der Waals surface area contributed by atoms with E-state index in [4.69, 9.17) is 5.21 Å². The Bertz CT molecular complexity index is 407. The zero-order chi connectivity index (χ0) is 11.0. The number of hydrogen-bond acceptors (Lipinski definition) is 4. The number of thioether (sulfide) groups is 1. The van der Waals surface area contributed by atoms with Crippen LogP contribution in [0.3, 0.4) is 0 Å². The molecule has 2 aliphatic carbocycles. The van der Waals surface area contributed by atoms with Crippen LogP contribution < -0.4 is 0 Å². The molecule has 4 heteroatoms. The Kier molecular flexibility index (Phi) is 2.59. The molecule has 2 bridgehead atoms. The van der Waals surface area contributed by atoms with Crippen molar-refractivity contribution in [2.45, 2.75) is 29.5 Å². The van der Waals surface area contributed by atoms with Crippen molar-refractivity contribution < 1.29 is 5.21 Å². The fraction of sp³-hybridized carbons (Fsp3) is 0.500. The third-order valence-corrected chi connectivity index (χ3v) is 4.98. The highest BCUT2D eigenvalue weighted by Gasteiger charge is 2.46. The van der Waals surface area contributed by atoms with Gasteiger partial charge in [0, 0.05) is 12.1 Å². The number of hydrogen-bond donors (Lipinski definition) is 1. The molecule has 3 atom stereocenters. The molecule has 0 unspecified atom stereocenters. The predicted octanol–water partition coefficient (Wildman–Crippen LogP) is 2.80. The van der Waals surface area contributed by atoms with Crippen molar-refractivity contribution in [1.82, 2.24) is 4.98 Å². The molecule has 0 saturated heterocycles. The van der Waals surface area contributed by atoms with E-state index in [0.29, 0.717) is 17.1 Å². The maximum Gasteiger partial charge on any atom is 0.0966 e. The molecule has 0 radical (unpaired) electrons. The van der Waals surface area contributed by atoms with Gasteiger partial charge in [0.25, 0.3) is 0 Å². The topological polar surface area (TPSA) is 45.5 Å². The molecule has 3 rings (SSSR count). The highest BCUT2D eigenvalue weighted by atomic mass is 32.2. The van der Waals surface area contributed by atoms with E-state index in [9.17, 15) is 0 Å². The zero-order valence-electron chi connectivity index (χ0n) is 8.91. The second-order valence-corrected chi connectivity index (χ2v) is 5.66. The molecule has 1 aromatic rings. The molecule has 84 valence electrons. The third-order valence-electron chi connectivity index (χ3n) is 3.61. The summed E-state index contributed by atoms with van der Waals surface area (Å²) in [5, 5.41) is 14.0. The van der Waals surface area contributed by atoms with Crippen LogP contribution in [0.4, 0.5) is 0 Å². The van der Waals surface area contributed by atoms with E-state index in [1.807, 2.05) is 24.4 Å². The molecule has 16 heavy (non-hydrogen) atoms. The van der Waals surface area contributed by atoms with Gasteiger partial charge in [-0.1, -0.05) is 23.0 Å². The average molecular weight is 234 g/mol. The smallest absolute Gasteiger partial charge is 0.0966 e. The standard InChI is InChI=1S/C12H14N2OS/c15-14-11-8-4-5-9(7-8)12(11)16-10-3-1-2-6-13-10/h1-3,6,8-9,12,15H,4-5,7H2/b14-11-/t8-,9+,12-/m0/s1. The molecular formula is C12H14N2OS. The second-order valence-electron chi connectivity index (χ2n) is 4.50. The van der Waals surface area contributed by atoms with Crippen molar-refractivity contribution >= 4 is 17.5 Å². The minimum absolute atomic E-state index is 0.346. The number of aromatic nitrogens is 1. The summed E-state index contributed by atoms with van der Waals surface area (Å²) < 4.78 is 0. The summed E-state index contributed by atoms with van der Waals surface area (Å²) in [5.41, 5.74) is 0.993. The van der Waals surface area contributed by atoms with E-state index in [1.165, 1.54) is 19.3 Å². The maximum absolute atomic E-state index is 9.09. The summed E-state index contributed by atoms with van der Waals surface area (Å²) in [6, 6.07) is 5.94. The molecule has 0 spiro atoms. The maximum atomic E-state index is 9.09. The van der Waals surface area contributed by atoms with Gasteiger partial charge in [-0.15, -0.1) is 0 Å². The Labute approximate surface area is 99.0 Å². The van der Waals surface area contributed by atoms with Gasteiger partial charge in [0.1, 0.15) is 0 Å². The molecular weight excluding hydrogens is 220 g/mol. The Balaban J connectivity index is 1.80. The van der Waals surface area contributed by atoms with Crippen molar-refractivity contribution in [2.75, 3.05) is 0 Å². The summed E-state index contributed by atoms with van der Waals surface area (Å²) in [4.78, 5) is 4.32. The van der Waals surface area contributed by atoms with Gasteiger partial charge in [-0.05, 0) is 37.3 Å². The number of pyridine rings is 1. The lowest BCUT2D eigenvalue weighted by Gasteiger charge is -2.21. The van der Waals surface area contributed by atoms with Crippen LogP contribution in [0.1, 0.15) is 19.3 Å². The van der Waals surface area contributed by atoms with Gasteiger partial charge < -0.3 is 5.21 Å². The van der Waals surface area contributed by atoms with Crippen LogP contribution in [-0.4, -0.2) is 21.2 Å². The number of fused-ring (bicyclic) bond motifs is 2. The minimum atomic E-state index is 0.346. The van der Waals surface area contributed by atoms with Crippen LogP contribution in [-0.2, 0) is 0 Å². The monoisotopic (exact) mass is 234 g/mol. The van der Waals surface area contributed by atoms with Crippen LogP contribution in [0, 0.1) is 11.8 Å². The van der Waals surface area contributed by atoms with Crippen molar-refractivity contribution in [3.63, 3.8) is 0 Å². The Hall–Kier alpha value is -1.03. The van der Waals surface area contributed by atoms with Crippen LogP contribution in [0.25, 0.3) is 0 Å². The van der Waals surface area contributed by atoms with E-state index >= 15 is 0 Å². The first-order chi connectivity index (χ1) is 7.88. The fourth-order valence-electron chi connectivity index (χ4n) is 2.88. The van der Waals surface area contributed by atoms with Gasteiger partial charge in [0.2, 0.25) is 0 Å². The van der Waals surface area contributed by atoms with Crippen LogP contribution in [0.2, 0.25) is 0 Å². The van der Waals surface area contributed by atoms with E-state index in [0.717, 1.165) is 10.7 Å². The number of oxime groups is 1. The van der Waals surface area contributed by atoms with Gasteiger partial charge in [-0.2, -0.15) is 0 Å². The second kappa shape index (κ2) is 4.09. The molecule has 1 N–H and O–H groups in total. The summed E-state index contributed by atoms with van der Waals surface area (Å²) in [7, 11) is 0. The molecule has 1 heterocycles. The van der Waals surface area contributed by atoms with Gasteiger partial charge in [0.15, 0.2) is 0 Å². The Morgan fingerprint density at radius 1 is 1.38 bits per heavy atom. The summed E-state index contributed by atoms with van der Waals surface area (Å²) >= 11 is 1.75. The first kappa shape index (κ1) is 10.1. The zero-order valence-corrected chi connectivity index (χ0v) is 9.73. The Morgan fingerprint density at radius 2 is 2.31 bits per heavy atom. The van der Waals surface area contributed by atoms with E-state index in [-0.39, 0.29) is 0 Å². The van der Waals surface area contributed by atoms with E-state index in [1.54, 1.807) is 11.8 Å². The minimum Gasteiger partial charge on any atom is -0.411 e. The van der Waals surface area contributed by atoms with Crippen LogP contribution in [0.15, 0.2) is 34.6 Å². The lowest BCUT2D eigenvalue weighted by molar-refractivity contribution is 0.314. The van der Waals surface area contributed by atoms with Crippen LogP contribution in [0.5, 0.6) is 0 Å². The van der Waals surface area contributed by atoms with E-state index in [2.05, 4.69) is 10.1 Å². The molecule has 2 aliphatic rings. The first-order valence-electron chi connectivity index (χ1n) is 5.68. The van der Waals surface area contributed by atoms with E-state index < -0.39 is 0 Å². The summed E-state index contributed by atoms with van der Waals surface area (Å²) in [6.07, 6.45) is 5.48. The van der Waals surface area contributed by atoms with Gasteiger partial charge in [-0.25, -0.2) is 4.98 Å². The summed E-state index contributed by atoms with van der Waals surface area (Å²) in [5.74, 6) is 1.21. The molecule has 2 saturated carbocycles. The molecule has 3 nitrogen and oxygen atoms in total. The van der Waals surface area contributed by atoms with Gasteiger partial charge in [-0.3, -0.25) is 0 Å². The SMILES string of the molecule is O/N=C1/[C@H]2CC[C@H](C2)[C@@H]1Sc1ccccn1. The van der Waals surface area contributed by atoms with Gasteiger partial charge >= 0.3 is 0 Å². The fourth-order valence-corrected chi connectivity index (χ4v) is 4.21. The average Bonchev–Trinajstić information content (AvgIpc) is 2.91. The van der Waals surface area contributed by atoms with Crippen molar-refractivity contribution in [1.29, 1.82) is 0 Å². The molecule has 0 aromatic carbocycles. The van der Waals surface area contributed by atoms with Crippen molar-refractivity contribution in [3.05, 3.63) is 24.4 Å². The normalized spacial score (nSPS) is 34.8. The highest BCUT2D eigenvalue weighted by Crippen LogP contribution is 2.49. The Morgan fingerprint density at radius 3 is 3.06 bits per heavy atom. The molecule has 1 aromatic heterocycles. The molecule has 0 aliphatic heterocycles.